The van der Waals surface area contributed by atoms with E-state index < -0.39 is 0 Å². The van der Waals surface area contributed by atoms with E-state index in [0.717, 1.165) is 25.1 Å². The summed E-state index contributed by atoms with van der Waals surface area (Å²) in [6, 6.07) is 7.77. The molecule has 2 fully saturated rings. The number of nitrogen functional groups attached to an aromatic ring is 1. The Hall–Kier alpha value is -2.22. The van der Waals surface area contributed by atoms with Crippen molar-refractivity contribution in [1.29, 1.82) is 5.26 Å². The summed E-state index contributed by atoms with van der Waals surface area (Å²) < 4.78 is 0. The third kappa shape index (κ3) is 1.80. The van der Waals surface area contributed by atoms with E-state index in [1.54, 1.807) is 6.07 Å². The van der Waals surface area contributed by atoms with Crippen LogP contribution in [0.2, 0.25) is 0 Å². The molecule has 2 aliphatic heterocycles. The van der Waals surface area contributed by atoms with Gasteiger partial charge in [-0.3, -0.25) is 4.79 Å². The largest absolute Gasteiger partial charge is 0.396 e. The summed E-state index contributed by atoms with van der Waals surface area (Å²) in [5.74, 6) is 0.198. The van der Waals surface area contributed by atoms with Gasteiger partial charge in [-0.15, -0.1) is 0 Å². The van der Waals surface area contributed by atoms with Crippen molar-refractivity contribution in [1.82, 2.24) is 5.32 Å². The van der Waals surface area contributed by atoms with Crippen molar-refractivity contribution in [2.24, 2.45) is 5.92 Å². The monoisotopic (exact) mass is 256 g/mol. The maximum Gasteiger partial charge on any atom is 0.225 e. The number of nitrogens with two attached hydrogens (primary N) is 1. The molecule has 0 aliphatic carbocycles. The Balaban J connectivity index is 1.98. The summed E-state index contributed by atoms with van der Waals surface area (Å²) in [6.07, 6.45) is 1.91. The molecular formula is C14H16N4O. The number of carbonyl (C=O) groups is 1. The first-order chi connectivity index (χ1) is 9.22. The quantitative estimate of drug-likeness (QED) is 0.730. The van der Waals surface area contributed by atoms with Crippen molar-refractivity contribution >= 4 is 17.3 Å². The Morgan fingerprint density at radius 2 is 2.32 bits per heavy atom. The lowest BCUT2D eigenvalue weighted by molar-refractivity contribution is -0.122. The Bertz CT molecular complexity index is 563. The highest BCUT2D eigenvalue weighted by Crippen LogP contribution is 2.35. The average Bonchev–Trinajstić information content (AvgIpc) is 2.81. The minimum atomic E-state index is 0.0545. The maximum atomic E-state index is 11.8. The molecule has 0 spiro atoms. The number of hydrogen-bond acceptors (Lipinski definition) is 4. The molecule has 0 bridgehead atoms. The van der Waals surface area contributed by atoms with E-state index in [2.05, 4.69) is 16.3 Å². The van der Waals surface area contributed by atoms with E-state index in [4.69, 9.17) is 11.0 Å². The van der Waals surface area contributed by atoms with Crippen molar-refractivity contribution in [2.75, 3.05) is 23.7 Å². The van der Waals surface area contributed by atoms with E-state index in [9.17, 15) is 4.79 Å². The Labute approximate surface area is 112 Å². The number of amides is 1. The molecule has 1 aromatic carbocycles. The summed E-state index contributed by atoms with van der Waals surface area (Å²) in [6.45, 7) is 1.55. The van der Waals surface area contributed by atoms with Crippen molar-refractivity contribution in [3.05, 3.63) is 23.8 Å². The maximum absolute atomic E-state index is 11.8. The number of carbonyl (C=O) groups excluding carboxylic acids is 1. The molecule has 5 nitrogen and oxygen atoms in total. The SMILES string of the molecule is N#Cc1cccc(N2CCCC3C(=O)NCC32)c1N. The van der Waals surface area contributed by atoms with Gasteiger partial charge in [-0.1, -0.05) is 6.07 Å². The average molecular weight is 256 g/mol. The molecular weight excluding hydrogens is 240 g/mol. The molecule has 3 N–H and O–H groups in total. The van der Waals surface area contributed by atoms with Crippen LogP contribution in [0, 0.1) is 17.2 Å². The summed E-state index contributed by atoms with van der Waals surface area (Å²) in [4.78, 5) is 14.0. The Kier molecular flexibility index (Phi) is 2.79. The molecule has 2 saturated heterocycles. The van der Waals surface area contributed by atoms with Gasteiger partial charge in [-0.2, -0.15) is 5.26 Å². The molecule has 5 heteroatoms. The van der Waals surface area contributed by atoms with Crippen molar-refractivity contribution in [3.8, 4) is 6.07 Å². The lowest BCUT2D eigenvalue weighted by Crippen LogP contribution is -2.46. The van der Waals surface area contributed by atoms with Gasteiger partial charge in [0.25, 0.3) is 0 Å². The highest BCUT2D eigenvalue weighted by atomic mass is 16.2. The smallest absolute Gasteiger partial charge is 0.225 e. The second kappa shape index (κ2) is 4.47. The highest BCUT2D eigenvalue weighted by molar-refractivity contribution is 5.84. The van der Waals surface area contributed by atoms with Crippen LogP contribution in [0.5, 0.6) is 0 Å². The van der Waals surface area contributed by atoms with Gasteiger partial charge in [0.15, 0.2) is 0 Å². The standard InChI is InChI=1S/C14H16N4O/c15-7-9-3-1-5-11(13(9)16)18-6-2-4-10-12(18)8-17-14(10)19/h1,3,5,10,12H,2,4,6,8,16H2,(H,17,19). The number of nitrogens with zero attached hydrogens (tertiary/aromatic N) is 2. The fourth-order valence-electron chi connectivity index (χ4n) is 3.15. The molecule has 3 rings (SSSR count). The van der Waals surface area contributed by atoms with Gasteiger partial charge in [0.2, 0.25) is 5.91 Å². The third-order valence-electron chi connectivity index (χ3n) is 4.11. The Morgan fingerprint density at radius 1 is 1.47 bits per heavy atom. The number of fused-ring (bicyclic) bond motifs is 1. The van der Waals surface area contributed by atoms with E-state index in [0.29, 0.717) is 17.8 Å². The minimum Gasteiger partial charge on any atom is -0.396 e. The second-order valence-electron chi connectivity index (χ2n) is 5.10. The fourth-order valence-corrected chi connectivity index (χ4v) is 3.15. The summed E-state index contributed by atoms with van der Waals surface area (Å²) in [7, 11) is 0. The van der Waals surface area contributed by atoms with Crippen LogP contribution in [-0.4, -0.2) is 25.0 Å². The van der Waals surface area contributed by atoms with Crippen LogP contribution in [0.3, 0.4) is 0 Å². The number of hydrogen-bond donors (Lipinski definition) is 2. The number of benzene rings is 1. The third-order valence-corrected chi connectivity index (χ3v) is 4.11. The first kappa shape index (κ1) is 11.8. The molecule has 2 heterocycles. The van der Waals surface area contributed by atoms with Gasteiger partial charge in [0, 0.05) is 13.1 Å². The van der Waals surface area contributed by atoms with Crippen molar-refractivity contribution in [3.63, 3.8) is 0 Å². The number of anilines is 2. The Morgan fingerprint density at radius 3 is 3.11 bits per heavy atom. The van der Waals surface area contributed by atoms with Crippen LogP contribution in [-0.2, 0) is 4.79 Å². The van der Waals surface area contributed by atoms with Crippen LogP contribution in [0.25, 0.3) is 0 Å². The molecule has 0 saturated carbocycles. The lowest BCUT2D eigenvalue weighted by Gasteiger charge is -2.38. The molecule has 2 atom stereocenters. The first-order valence-electron chi connectivity index (χ1n) is 6.55. The molecule has 0 aromatic heterocycles. The van der Waals surface area contributed by atoms with Crippen LogP contribution in [0.1, 0.15) is 18.4 Å². The predicted molar refractivity (Wildman–Crippen MR) is 72.4 cm³/mol. The van der Waals surface area contributed by atoms with E-state index in [1.165, 1.54) is 0 Å². The molecule has 1 amide bonds. The van der Waals surface area contributed by atoms with Gasteiger partial charge in [0.05, 0.1) is 28.9 Å². The van der Waals surface area contributed by atoms with E-state index >= 15 is 0 Å². The summed E-state index contributed by atoms with van der Waals surface area (Å²) in [5.41, 5.74) is 7.97. The van der Waals surface area contributed by atoms with Gasteiger partial charge < -0.3 is 16.0 Å². The zero-order valence-corrected chi connectivity index (χ0v) is 10.6. The number of piperidine rings is 1. The second-order valence-corrected chi connectivity index (χ2v) is 5.10. The van der Waals surface area contributed by atoms with E-state index in [1.807, 2.05) is 12.1 Å². The van der Waals surface area contributed by atoms with Gasteiger partial charge in [0.1, 0.15) is 6.07 Å². The van der Waals surface area contributed by atoms with Crippen molar-refractivity contribution < 1.29 is 4.79 Å². The molecule has 0 radical (unpaired) electrons. The van der Waals surface area contributed by atoms with Gasteiger partial charge in [-0.25, -0.2) is 0 Å². The van der Waals surface area contributed by atoms with Gasteiger partial charge >= 0.3 is 0 Å². The first-order valence-corrected chi connectivity index (χ1v) is 6.55. The van der Waals surface area contributed by atoms with Crippen LogP contribution in [0.4, 0.5) is 11.4 Å². The zero-order valence-electron chi connectivity index (χ0n) is 10.6. The van der Waals surface area contributed by atoms with Gasteiger partial charge in [-0.05, 0) is 25.0 Å². The molecule has 98 valence electrons. The van der Waals surface area contributed by atoms with E-state index in [-0.39, 0.29) is 17.9 Å². The highest BCUT2D eigenvalue weighted by Gasteiger charge is 2.41. The molecule has 19 heavy (non-hydrogen) atoms. The minimum absolute atomic E-state index is 0.0545. The lowest BCUT2D eigenvalue weighted by atomic mass is 9.90. The van der Waals surface area contributed by atoms with Crippen LogP contribution < -0.4 is 16.0 Å². The fraction of sp³-hybridized carbons (Fsp3) is 0.429. The number of rotatable bonds is 1. The number of para-hydroxylation sites is 1. The molecule has 2 unspecified atom stereocenters. The topological polar surface area (TPSA) is 82.2 Å². The van der Waals surface area contributed by atoms with Crippen LogP contribution >= 0.6 is 0 Å². The van der Waals surface area contributed by atoms with Crippen molar-refractivity contribution in [2.45, 2.75) is 18.9 Å². The zero-order chi connectivity index (χ0) is 13.4. The molecule has 2 aliphatic rings. The van der Waals surface area contributed by atoms with Crippen LogP contribution in [0.15, 0.2) is 18.2 Å². The summed E-state index contributed by atoms with van der Waals surface area (Å²) in [5, 5.41) is 12.0. The number of nitriles is 1. The normalized spacial score (nSPS) is 25.6. The number of nitrogens with one attached hydrogen (secondary N) is 1. The predicted octanol–water partition coefficient (Wildman–Crippen LogP) is 0.855. The summed E-state index contributed by atoms with van der Waals surface area (Å²) >= 11 is 0. The molecule has 1 aromatic rings.